The number of nitrogen functional groups attached to an aromatic ring is 1. The molecule has 28 heavy (non-hydrogen) atoms. The van der Waals surface area contributed by atoms with E-state index in [1.165, 1.54) is 27.3 Å². The molecule has 0 radical (unpaired) electrons. The van der Waals surface area contributed by atoms with E-state index < -0.39 is 0 Å². The molecule has 0 bridgehead atoms. The molecule has 134 valence electrons. The van der Waals surface area contributed by atoms with Crippen LogP contribution in [0.25, 0.3) is 49.9 Å². The highest BCUT2D eigenvalue weighted by Gasteiger charge is 2.17. The highest BCUT2D eigenvalue weighted by Crippen LogP contribution is 2.41. The zero-order chi connectivity index (χ0) is 18.7. The van der Waals surface area contributed by atoms with Crippen LogP contribution in [0.5, 0.6) is 0 Å². The summed E-state index contributed by atoms with van der Waals surface area (Å²) in [6.45, 7) is 0. The monoisotopic (exact) mass is 361 g/mol. The third-order valence-corrected chi connectivity index (χ3v) is 5.87. The molecule has 6 rings (SSSR count). The number of hydrogen-bond donors (Lipinski definition) is 1. The van der Waals surface area contributed by atoms with Crippen LogP contribution in [0.3, 0.4) is 0 Å². The summed E-state index contributed by atoms with van der Waals surface area (Å²) in [5.74, 6) is 0. The van der Waals surface area contributed by atoms with E-state index in [4.69, 9.17) is 10.2 Å². The number of rotatable bonds is 1. The van der Waals surface area contributed by atoms with Crippen molar-refractivity contribution in [2.45, 2.75) is 12.8 Å². The second-order valence-corrected chi connectivity index (χ2v) is 7.52. The lowest BCUT2D eigenvalue weighted by Crippen LogP contribution is -1.95. The summed E-state index contributed by atoms with van der Waals surface area (Å²) in [4.78, 5) is 0. The Hall–Kier alpha value is -3.52. The first-order valence-corrected chi connectivity index (χ1v) is 9.72. The molecule has 1 aromatic heterocycles. The van der Waals surface area contributed by atoms with Crippen molar-refractivity contribution >= 4 is 44.5 Å². The molecule has 1 heterocycles. The van der Waals surface area contributed by atoms with Crippen molar-refractivity contribution in [2.75, 3.05) is 5.73 Å². The Kier molecular flexibility index (Phi) is 3.18. The number of nitrogens with two attached hydrogens (primary N) is 1. The van der Waals surface area contributed by atoms with Gasteiger partial charge in [0, 0.05) is 27.4 Å². The maximum atomic E-state index is 6.59. The molecule has 0 unspecified atom stereocenters. The van der Waals surface area contributed by atoms with E-state index >= 15 is 0 Å². The summed E-state index contributed by atoms with van der Waals surface area (Å²) >= 11 is 0. The van der Waals surface area contributed by atoms with Crippen molar-refractivity contribution in [3.05, 3.63) is 83.9 Å². The highest BCUT2D eigenvalue weighted by molar-refractivity contribution is 6.18. The molecular weight excluding hydrogens is 342 g/mol. The van der Waals surface area contributed by atoms with Gasteiger partial charge in [-0.05, 0) is 53.1 Å². The van der Waals surface area contributed by atoms with Crippen molar-refractivity contribution < 1.29 is 4.42 Å². The van der Waals surface area contributed by atoms with Gasteiger partial charge in [-0.25, -0.2) is 0 Å². The number of furan rings is 1. The van der Waals surface area contributed by atoms with Gasteiger partial charge in [-0.3, -0.25) is 0 Å². The predicted molar refractivity (Wildman–Crippen MR) is 118 cm³/mol. The molecule has 1 aliphatic rings. The molecule has 2 nitrogen and oxygen atoms in total. The molecule has 0 saturated heterocycles. The number of para-hydroxylation sites is 1. The first-order valence-electron chi connectivity index (χ1n) is 9.72. The lowest BCUT2D eigenvalue weighted by atomic mass is 9.91. The number of hydrogen-bond acceptors (Lipinski definition) is 2. The minimum Gasteiger partial charge on any atom is -0.455 e. The Bertz CT molecular complexity index is 1400. The number of aryl methyl sites for hydroxylation is 1. The number of fused-ring (bicyclic) bond motifs is 7. The largest absolute Gasteiger partial charge is 0.455 e. The van der Waals surface area contributed by atoms with E-state index in [-0.39, 0.29) is 0 Å². The van der Waals surface area contributed by atoms with E-state index in [2.05, 4.69) is 66.7 Å². The van der Waals surface area contributed by atoms with E-state index in [0.717, 1.165) is 46.2 Å². The van der Waals surface area contributed by atoms with Crippen molar-refractivity contribution in [1.29, 1.82) is 0 Å². The minimum absolute atomic E-state index is 0.770. The van der Waals surface area contributed by atoms with Gasteiger partial charge in [-0.2, -0.15) is 0 Å². The fourth-order valence-electron chi connectivity index (χ4n) is 4.51. The molecule has 0 fully saturated rings. The van der Waals surface area contributed by atoms with Crippen LogP contribution >= 0.6 is 0 Å². The van der Waals surface area contributed by atoms with Crippen molar-refractivity contribution in [3.63, 3.8) is 0 Å². The maximum absolute atomic E-state index is 6.59. The van der Waals surface area contributed by atoms with Crippen LogP contribution in [0.1, 0.15) is 17.5 Å². The Labute approximate surface area is 162 Å². The molecule has 4 aromatic carbocycles. The standard InChI is InChI=1S/C26H19NO/c27-19-13-10-17(11-14-19)21-6-3-7-22-23-15-12-18-9-8-16-4-1-2-5-20(16)24(18)26(23)28-25(21)22/h1,3-4,6-15H,2,5,27H2. The average molecular weight is 361 g/mol. The quantitative estimate of drug-likeness (QED) is 0.328. The molecule has 2 heteroatoms. The summed E-state index contributed by atoms with van der Waals surface area (Å²) in [5, 5.41) is 4.85. The van der Waals surface area contributed by atoms with E-state index in [1.807, 2.05) is 12.1 Å². The summed E-state index contributed by atoms with van der Waals surface area (Å²) in [6, 6.07) is 23.2. The second-order valence-electron chi connectivity index (χ2n) is 7.52. The normalized spacial score (nSPS) is 13.4. The van der Waals surface area contributed by atoms with Gasteiger partial charge in [0.05, 0.1) is 0 Å². The fraction of sp³-hybridized carbons (Fsp3) is 0.0769. The first kappa shape index (κ1) is 15.5. The van der Waals surface area contributed by atoms with Crippen molar-refractivity contribution in [2.24, 2.45) is 0 Å². The number of anilines is 1. The summed E-state index contributed by atoms with van der Waals surface area (Å²) in [6.07, 6.45) is 6.63. The molecular formula is C26H19NO. The molecule has 0 saturated carbocycles. The minimum atomic E-state index is 0.770. The number of benzene rings is 4. The molecule has 0 atom stereocenters. The number of allylic oxidation sites excluding steroid dienone is 1. The van der Waals surface area contributed by atoms with Gasteiger partial charge in [0.2, 0.25) is 0 Å². The summed E-state index contributed by atoms with van der Waals surface area (Å²) in [7, 11) is 0. The van der Waals surface area contributed by atoms with Crippen LogP contribution < -0.4 is 5.73 Å². The van der Waals surface area contributed by atoms with Crippen LogP contribution in [0.2, 0.25) is 0 Å². The smallest absolute Gasteiger partial charge is 0.143 e. The Balaban J connectivity index is 1.74. The predicted octanol–water partition coefficient (Wildman–Crippen LogP) is 6.95. The van der Waals surface area contributed by atoms with E-state index in [9.17, 15) is 0 Å². The van der Waals surface area contributed by atoms with Crippen LogP contribution in [-0.4, -0.2) is 0 Å². The summed E-state index contributed by atoms with van der Waals surface area (Å²) in [5.41, 5.74) is 13.5. The van der Waals surface area contributed by atoms with Crippen LogP contribution in [0.15, 0.2) is 77.2 Å². The zero-order valence-corrected chi connectivity index (χ0v) is 15.4. The topological polar surface area (TPSA) is 39.2 Å². The molecule has 0 spiro atoms. The van der Waals surface area contributed by atoms with Gasteiger partial charge < -0.3 is 10.2 Å². The van der Waals surface area contributed by atoms with Crippen LogP contribution in [-0.2, 0) is 6.42 Å². The second kappa shape index (κ2) is 5.74. The Morgan fingerprint density at radius 1 is 0.786 bits per heavy atom. The molecule has 2 N–H and O–H groups in total. The lowest BCUT2D eigenvalue weighted by Gasteiger charge is -2.13. The first-order chi connectivity index (χ1) is 13.8. The Morgan fingerprint density at radius 2 is 1.61 bits per heavy atom. The molecule has 0 aliphatic heterocycles. The fourth-order valence-corrected chi connectivity index (χ4v) is 4.51. The van der Waals surface area contributed by atoms with Gasteiger partial charge in [-0.1, -0.05) is 60.7 Å². The molecule has 0 amide bonds. The molecule has 5 aromatic rings. The van der Waals surface area contributed by atoms with E-state index in [0.29, 0.717) is 0 Å². The summed E-state index contributed by atoms with van der Waals surface area (Å²) < 4.78 is 6.59. The molecule has 1 aliphatic carbocycles. The van der Waals surface area contributed by atoms with Crippen LogP contribution in [0.4, 0.5) is 5.69 Å². The van der Waals surface area contributed by atoms with Crippen molar-refractivity contribution in [3.8, 4) is 11.1 Å². The lowest BCUT2D eigenvalue weighted by molar-refractivity contribution is 0.673. The maximum Gasteiger partial charge on any atom is 0.143 e. The van der Waals surface area contributed by atoms with Crippen molar-refractivity contribution in [1.82, 2.24) is 0 Å². The SMILES string of the molecule is Nc1ccc(-c2cccc3c2oc2c3ccc3ccc4c(c32)CCC=C4)cc1. The van der Waals surface area contributed by atoms with Gasteiger partial charge in [0.15, 0.2) is 0 Å². The third kappa shape index (κ3) is 2.15. The van der Waals surface area contributed by atoms with Crippen LogP contribution in [0, 0.1) is 0 Å². The van der Waals surface area contributed by atoms with Gasteiger partial charge in [0.25, 0.3) is 0 Å². The van der Waals surface area contributed by atoms with Gasteiger partial charge in [-0.15, -0.1) is 0 Å². The third-order valence-electron chi connectivity index (χ3n) is 5.87. The highest BCUT2D eigenvalue weighted by atomic mass is 16.3. The Morgan fingerprint density at radius 3 is 2.50 bits per heavy atom. The average Bonchev–Trinajstić information content (AvgIpc) is 3.13. The van der Waals surface area contributed by atoms with E-state index in [1.54, 1.807) is 0 Å². The van der Waals surface area contributed by atoms with Gasteiger partial charge in [0.1, 0.15) is 11.2 Å². The zero-order valence-electron chi connectivity index (χ0n) is 15.4. The van der Waals surface area contributed by atoms with Gasteiger partial charge >= 0.3 is 0 Å².